The number of hydrogen-bond donors (Lipinski definition) is 3. The molecule has 63 heavy (non-hydrogen) atoms. The molecule has 3 N–H and O–H groups in total. The Morgan fingerprint density at radius 3 is 1.44 bits per heavy atom. The number of aliphatic hydroxyl groups excluding tert-OH is 2. The van der Waals surface area contributed by atoms with E-state index in [1.165, 1.54) is 89.9 Å². The van der Waals surface area contributed by atoms with Crippen molar-refractivity contribution >= 4 is 11.9 Å². The summed E-state index contributed by atoms with van der Waals surface area (Å²) in [7, 11) is 0. The number of aliphatic hydroxyl groups is 2. The Balaban J connectivity index is 4.71. The lowest BCUT2D eigenvalue weighted by molar-refractivity contribution is -0.151. The van der Waals surface area contributed by atoms with E-state index in [1.54, 1.807) is 0 Å². The maximum atomic E-state index is 13.2. The van der Waals surface area contributed by atoms with Gasteiger partial charge in [-0.15, -0.1) is 0 Å². The van der Waals surface area contributed by atoms with Crippen molar-refractivity contribution in [3.63, 3.8) is 0 Å². The average molecular weight is 874 g/mol. The van der Waals surface area contributed by atoms with Crippen molar-refractivity contribution in [1.82, 2.24) is 5.32 Å². The maximum absolute atomic E-state index is 13.2. The molecule has 0 spiro atoms. The average Bonchev–Trinajstić information content (AvgIpc) is 3.28. The van der Waals surface area contributed by atoms with Gasteiger partial charge in [-0.2, -0.15) is 0 Å². The van der Waals surface area contributed by atoms with Gasteiger partial charge in [0, 0.05) is 6.42 Å². The quantitative estimate of drug-likeness (QED) is 0.0245. The molecule has 0 saturated heterocycles. The summed E-state index contributed by atoms with van der Waals surface area (Å²) >= 11 is 0. The molecule has 6 heteroatoms. The van der Waals surface area contributed by atoms with Crippen LogP contribution >= 0.6 is 0 Å². The van der Waals surface area contributed by atoms with E-state index in [4.69, 9.17) is 4.74 Å². The summed E-state index contributed by atoms with van der Waals surface area (Å²) in [4.78, 5) is 26.1. The molecular weight excluding hydrogens is 779 g/mol. The van der Waals surface area contributed by atoms with Crippen LogP contribution in [0.25, 0.3) is 0 Å². The van der Waals surface area contributed by atoms with Gasteiger partial charge in [0.25, 0.3) is 0 Å². The third-order valence-electron chi connectivity index (χ3n) is 11.0. The van der Waals surface area contributed by atoms with Crippen molar-refractivity contribution in [2.75, 3.05) is 6.61 Å². The van der Waals surface area contributed by atoms with Gasteiger partial charge in [0.1, 0.15) is 6.10 Å². The first-order valence-corrected chi connectivity index (χ1v) is 25.7. The van der Waals surface area contributed by atoms with Crippen LogP contribution in [-0.2, 0) is 14.3 Å². The van der Waals surface area contributed by atoms with Crippen LogP contribution in [0.5, 0.6) is 0 Å². The number of allylic oxidation sites excluding steroid dienone is 18. The smallest absolute Gasteiger partial charge is 0.306 e. The molecule has 358 valence electrons. The first-order valence-electron chi connectivity index (χ1n) is 25.7. The Morgan fingerprint density at radius 1 is 0.492 bits per heavy atom. The Labute approximate surface area is 388 Å². The van der Waals surface area contributed by atoms with Crippen LogP contribution in [0.2, 0.25) is 0 Å². The van der Waals surface area contributed by atoms with Gasteiger partial charge in [-0.25, -0.2) is 0 Å². The van der Waals surface area contributed by atoms with E-state index < -0.39 is 18.2 Å². The second kappa shape index (κ2) is 49.5. The normalized spacial score (nSPS) is 14.2. The van der Waals surface area contributed by atoms with Gasteiger partial charge in [0.2, 0.25) is 5.91 Å². The van der Waals surface area contributed by atoms with Crippen LogP contribution in [0.15, 0.2) is 109 Å². The monoisotopic (exact) mass is 874 g/mol. The lowest BCUT2D eigenvalue weighted by atomic mass is 10.0. The number of esters is 1. The van der Waals surface area contributed by atoms with Gasteiger partial charge in [0.15, 0.2) is 0 Å². The third-order valence-corrected chi connectivity index (χ3v) is 11.0. The lowest BCUT2D eigenvalue weighted by Crippen LogP contribution is -2.46. The minimum atomic E-state index is -0.821. The summed E-state index contributed by atoms with van der Waals surface area (Å²) in [6, 6.07) is -0.741. The third kappa shape index (κ3) is 44.9. The molecule has 3 atom stereocenters. The Morgan fingerprint density at radius 2 is 0.937 bits per heavy atom. The van der Waals surface area contributed by atoms with Crippen LogP contribution in [-0.4, -0.2) is 46.9 Å². The van der Waals surface area contributed by atoms with E-state index in [0.29, 0.717) is 19.3 Å². The number of nitrogens with one attached hydrogen (secondary N) is 1. The van der Waals surface area contributed by atoms with Gasteiger partial charge in [-0.3, -0.25) is 9.59 Å². The van der Waals surface area contributed by atoms with Gasteiger partial charge >= 0.3 is 5.97 Å². The molecule has 0 saturated carbocycles. The first kappa shape index (κ1) is 59.5. The molecule has 0 aromatic carbocycles. The zero-order valence-electron chi connectivity index (χ0n) is 40.7. The highest BCUT2D eigenvalue weighted by Crippen LogP contribution is 2.17. The predicted octanol–water partition coefficient (Wildman–Crippen LogP) is 15.5. The molecule has 0 aliphatic carbocycles. The Hall–Kier alpha value is -3.48. The van der Waals surface area contributed by atoms with Gasteiger partial charge in [0.05, 0.1) is 25.2 Å². The zero-order valence-corrected chi connectivity index (χ0v) is 40.7. The van der Waals surface area contributed by atoms with E-state index in [1.807, 2.05) is 54.7 Å². The second-order valence-corrected chi connectivity index (χ2v) is 16.9. The highest BCUT2D eigenvalue weighted by atomic mass is 16.5. The molecule has 1 amide bonds. The van der Waals surface area contributed by atoms with E-state index >= 15 is 0 Å². The number of carbonyl (C=O) groups is 2. The SMILES string of the molecule is CC/C=C/C=C/C=C\C=C/C=C/CCCC(=O)OC(CCC/C=C/C/C=C/C/C=C/C/C=C/CC)CC(=O)NC(CO)C(O)CCCCCCCCCCCCCCCCCCC. The van der Waals surface area contributed by atoms with Gasteiger partial charge < -0.3 is 20.3 Å². The van der Waals surface area contributed by atoms with Crippen LogP contribution in [0.3, 0.4) is 0 Å². The van der Waals surface area contributed by atoms with Crippen molar-refractivity contribution in [2.45, 2.75) is 232 Å². The standard InChI is InChI=1S/C57H95NO5/c1-4-7-10-13-16-19-22-25-27-28-29-32-34-37-40-43-46-49-55(60)54(52-59)58-56(61)51-53(48-45-42-39-36-33-31-26-23-20-17-14-11-8-5-2)63-57(62)50-47-44-41-38-35-30-24-21-18-15-12-9-6-3/h8-9,11-12,15,17-18,20-21,24,26,30-31,35-36,38-39,41,53-55,59-60H,4-7,10,13-14,16,19,22-23,25,27-29,32-34,37,40,42-52H2,1-3H3,(H,58,61)/b11-8+,12-9+,18-15+,20-17+,24-21-,31-26+,35-30-,39-36+,41-38+. The maximum Gasteiger partial charge on any atom is 0.306 e. The molecule has 3 unspecified atom stereocenters. The number of ether oxygens (including phenoxy) is 1. The predicted molar refractivity (Wildman–Crippen MR) is 273 cm³/mol. The topological polar surface area (TPSA) is 95.9 Å². The highest BCUT2D eigenvalue weighted by Gasteiger charge is 2.24. The summed E-state index contributed by atoms with van der Waals surface area (Å²) in [6.07, 6.45) is 67.3. The van der Waals surface area contributed by atoms with Crippen molar-refractivity contribution < 1.29 is 24.5 Å². The summed E-state index contributed by atoms with van der Waals surface area (Å²) in [5.41, 5.74) is 0. The summed E-state index contributed by atoms with van der Waals surface area (Å²) in [6.45, 7) is 6.19. The number of amides is 1. The van der Waals surface area contributed by atoms with Crippen molar-refractivity contribution in [1.29, 1.82) is 0 Å². The summed E-state index contributed by atoms with van der Waals surface area (Å²) < 4.78 is 5.85. The molecule has 0 bridgehead atoms. The molecule has 6 nitrogen and oxygen atoms in total. The molecule has 0 fully saturated rings. The minimum Gasteiger partial charge on any atom is -0.462 e. The number of rotatable bonds is 44. The largest absolute Gasteiger partial charge is 0.462 e. The highest BCUT2D eigenvalue weighted by molar-refractivity contribution is 5.77. The fraction of sp³-hybridized carbons (Fsp3) is 0.649. The minimum absolute atomic E-state index is 0.00455. The Kier molecular flexibility index (Phi) is 46.8. The second-order valence-electron chi connectivity index (χ2n) is 16.9. The van der Waals surface area contributed by atoms with Crippen LogP contribution in [0, 0.1) is 0 Å². The summed E-state index contributed by atoms with van der Waals surface area (Å²) in [5.74, 6) is -0.627. The lowest BCUT2D eigenvalue weighted by Gasteiger charge is -2.24. The zero-order chi connectivity index (χ0) is 45.9. The van der Waals surface area contributed by atoms with Crippen LogP contribution < -0.4 is 5.32 Å². The van der Waals surface area contributed by atoms with Crippen LogP contribution in [0.4, 0.5) is 0 Å². The fourth-order valence-electron chi connectivity index (χ4n) is 7.16. The van der Waals surface area contributed by atoms with Crippen molar-refractivity contribution in [3.05, 3.63) is 109 Å². The van der Waals surface area contributed by atoms with Gasteiger partial charge in [-0.05, 0) is 70.6 Å². The molecule has 0 rings (SSSR count). The van der Waals surface area contributed by atoms with Gasteiger partial charge in [-0.1, -0.05) is 239 Å². The fourth-order valence-corrected chi connectivity index (χ4v) is 7.16. The molecule has 0 heterocycles. The molecule has 0 aromatic heterocycles. The molecular formula is C57H95NO5. The number of hydrogen-bond acceptors (Lipinski definition) is 5. The molecule has 0 aliphatic rings. The molecule has 0 aliphatic heterocycles. The summed E-state index contributed by atoms with van der Waals surface area (Å²) in [5, 5.41) is 23.8. The van der Waals surface area contributed by atoms with E-state index in [-0.39, 0.29) is 31.3 Å². The molecule has 0 aromatic rings. The number of carbonyl (C=O) groups excluding carboxylic acids is 2. The van der Waals surface area contributed by atoms with Crippen LogP contribution in [0.1, 0.15) is 213 Å². The molecule has 0 radical (unpaired) electrons. The Bertz CT molecular complexity index is 1300. The van der Waals surface area contributed by atoms with Crippen molar-refractivity contribution in [2.24, 2.45) is 0 Å². The van der Waals surface area contributed by atoms with Crippen molar-refractivity contribution in [3.8, 4) is 0 Å². The number of unbranched alkanes of at least 4 members (excludes halogenated alkanes) is 18. The van der Waals surface area contributed by atoms with E-state index in [0.717, 1.165) is 70.6 Å². The van der Waals surface area contributed by atoms with E-state index in [2.05, 4.69) is 80.8 Å². The first-order chi connectivity index (χ1) is 31.0. The van der Waals surface area contributed by atoms with E-state index in [9.17, 15) is 19.8 Å².